The van der Waals surface area contributed by atoms with Gasteiger partial charge < -0.3 is 10.6 Å². The summed E-state index contributed by atoms with van der Waals surface area (Å²) >= 11 is 6.24. The Kier molecular flexibility index (Phi) is 3.14. The zero-order valence-corrected chi connectivity index (χ0v) is 12.1. The number of halogens is 1. The Morgan fingerprint density at radius 2 is 2.20 bits per heavy atom. The number of aromatic amines is 1. The summed E-state index contributed by atoms with van der Waals surface area (Å²) < 4.78 is 0. The number of H-pyrrole nitrogens is 1. The molecule has 0 unspecified atom stereocenters. The molecular formula is C14H15ClN4O. The fourth-order valence-electron chi connectivity index (χ4n) is 2.40. The van der Waals surface area contributed by atoms with Crippen LogP contribution < -0.4 is 10.6 Å². The fourth-order valence-corrected chi connectivity index (χ4v) is 2.63. The van der Waals surface area contributed by atoms with Gasteiger partial charge >= 0.3 is 0 Å². The van der Waals surface area contributed by atoms with E-state index in [0.29, 0.717) is 18.0 Å². The lowest BCUT2D eigenvalue weighted by Crippen LogP contribution is -2.03. The van der Waals surface area contributed by atoms with Crippen LogP contribution in [0.3, 0.4) is 0 Å². The highest BCUT2D eigenvalue weighted by molar-refractivity contribution is 6.33. The average molecular weight is 291 g/mol. The molecule has 0 saturated carbocycles. The third-order valence-electron chi connectivity index (χ3n) is 3.55. The number of aromatic nitrogens is 2. The van der Waals surface area contributed by atoms with E-state index in [1.165, 1.54) is 0 Å². The van der Waals surface area contributed by atoms with E-state index in [4.69, 9.17) is 11.6 Å². The Morgan fingerprint density at radius 3 is 2.90 bits per heavy atom. The third kappa shape index (κ3) is 2.25. The zero-order chi connectivity index (χ0) is 14.3. The van der Waals surface area contributed by atoms with Gasteiger partial charge in [-0.2, -0.15) is 5.10 Å². The molecule has 3 rings (SSSR count). The quantitative estimate of drug-likeness (QED) is 0.814. The molecule has 2 heterocycles. The van der Waals surface area contributed by atoms with Crippen LogP contribution in [0, 0.1) is 13.8 Å². The van der Waals surface area contributed by atoms with Crippen LogP contribution in [0.2, 0.25) is 5.02 Å². The molecule has 104 valence electrons. The van der Waals surface area contributed by atoms with E-state index in [1.807, 2.05) is 19.9 Å². The van der Waals surface area contributed by atoms with Crippen molar-refractivity contribution in [2.45, 2.75) is 26.8 Å². The lowest BCUT2D eigenvalue weighted by Gasteiger charge is -2.10. The second-order valence-corrected chi connectivity index (χ2v) is 5.39. The zero-order valence-electron chi connectivity index (χ0n) is 11.3. The molecule has 0 aliphatic carbocycles. The number of nitrogens with zero attached hydrogens (tertiary/aromatic N) is 1. The van der Waals surface area contributed by atoms with Crippen molar-refractivity contribution in [3.8, 4) is 0 Å². The Bertz CT molecular complexity index is 673. The number of fused-ring (bicyclic) bond motifs is 1. The Balaban J connectivity index is 1.82. The molecule has 1 aromatic carbocycles. The third-order valence-corrected chi connectivity index (χ3v) is 3.87. The van der Waals surface area contributed by atoms with Gasteiger partial charge in [0.15, 0.2) is 0 Å². The van der Waals surface area contributed by atoms with E-state index in [-0.39, 0.29) is 5.91 Å². The van der Waals surface area contributed by atoms with Gasteiger partial charge in [0.2, 0.25) is 5.91 Å². The molecule has 3 N–H and O–H groups in total. The number of hydrogen-bond acceptors (Lipinski definition) is 3. The number of amides is 1. The highest BCUT2D eigenvalue weighted by atomic mass is 35.5. The van der Waals surface area contributed by atoms with Crippen molar-refractivity contribution in [1.29, 1.82) is 0 Å². The maximum Gasteiger partial charge on any atom is 0.228 e. The minimum absolute atomic E-state index is 0.00902. The van der Waals surface area contributed by atoms with Crippen molar-refractivity contribution in [2.24, 2.45) is 0 Å². The summed E-state index contributed by atoms with van der Waals surface area (Å²) in [5, 5.41) is 13.8. The van der Waals surface area contributed by atoms with Crippen LogP contribution in [0.5, 0.6) is 0 Å². The molecule has 1 amide bonds. The summed E-state index contributed by atoms with van der Waals surface area (Å²) in [6.45, 7) is 4.60. The van der Waals surface area contributed by atoms with Gasteiger partial charge in [0.1, 0.15) is 0 Å². The highest BCUT2D eigenvalue weighted by Crippen LogP contribution is 2.33. The van der Waals surface area contributed by atoms with Crippen molar-refractivity contribution in [1.82, 2.24) is 10.2 Å². The molecule has 5 nitrogen and oxygen atoms in total. The summed E-state index contributed by atoms with van der Waals surface area (Å²) in [6, 6.07) is 3.72. The molecule has 0 fully saturated rings. The first-order valence-corrected chi connectivity index (χ1v) is 6.79. The molecule has 6 heteroatoms. The number of carbonyl (C=O) groups is 1. The largest absolute Gasteiger partial charge is 0.380 e. The highest BCUT2D eigenvalue weighted by Gasteiger charge is 2.19. The van der Waals surface area contributed by atoms with Gasteiger partial charge in [0.05, 0.1) is 22.8 Å². The second-order valence-electron chi connectivity index (χ2n) is 4.98. The molecule has 1 aromatic heterocycles. The summed E-state index contributed by atoms with van der Waals surface area (Å²) in [5.41, 5.74) is 5.77. The minimum atomic E-state index is 0.00902. The lowest BCUT2D eigenvalue weighted by molar-refractivity contribution is -0.115. The second kappa shape index (κ2) is 4.83. The van der Waals surface area contributed by atoms with Gasteiger partial charge in [-0.1, -0.05) is 11.6 Å². The standard InChI is InChI=1S/C14H15ClN4O/c1-7-10(8(2)19-18-7)6-16-13-3-9-4-14(20)17-12(9)5-11(13)15/h3,5,16H,4,6H2,1-2H3,(H,17,20)(H,18,19). The molecule has 2 aromatic rings. The van der Waals surface area contributed by atoms with Gasteiger partial charge in [-0.25, -0.2) is 0 Å². The van der Waals surface area contributed by atoms with Crippen molar-refractivity contribution in [2.75, 3.05) is 10.6 Å². The smallest absolute Gasteiger partial charge is 0.228 e. The van der Waals surface area contributed by atoms with Gasteiger partial charge in [-0.3, -0.25) is 9.89 Å². The van der Waals surface area contributed by atoms with Crippen molar-refractivity contribution < 1.29 is 4.79 Å². The molecular weight excluding hydrogens is 276 g/mol. The first kappa shape index (κ1) is 13.0. The van der Waals surface area contributed by atoms with E-state index in [2.05, 4.69) is 20.8 Å². The molecule has 20 heavy (non-hydrogen) atoms. The first-order valence-electron chi connectivity index (χ1n) is 6.41. The molecule has 1 aliphatic heterocycles. The lowest BCUT2D eigenvalue weighted by atomic mass is 10.1. The van der Waals surface area contributed by atoms with Crippen LogP contribution in [-0.4, -0.2) is 16.1 Å². The maximum absolute atomic E-state index is 11.4. The summed E-state index contributed by atoms with van der Waals surface area (Å²) in [5.74, 6) is 0.00902. The Hall–Kier alpha value is -2.01. The fraction of sp³-hybridized carbons (Fsp3) is 0.286. The van der Waals surface area contributed by atoms with Crippen LogP contribution in [0.15, 0.2) is 12.1 Å². The van der Waals surface area contributed by atoms with E-state index < -0.39 is 0 Å². The topological polar surface area (TPSA) is 69.8 Å². The predicted molar refractivity (Wildman–Crippen MR) is 79.2 cm³/mol. The molecule has 0 spiro atoms. The van der Waals surface area contributed by atoms with Crippen LogP contribution >= 0.6 is 11.6 Å². The van der Waals surface area contributed by atoms with E-state index in [0.717, 1.165) is 33.9 Å². The Morgan fingerprint density at radius 1 is 1.40 bits per heavy atom. The van der Waals surface area contributed by atoms with Crippen LogP contribution in [0.4, 0.5) is 11.4 Å². The van der Waals surface area contributed by atoms with Crippen molar-refractivity contribution in [3.63, 3.8) is 0 Å². The molecule has 0 atom stereocenters. The number of anilines is 2. The minimum Gasteiger partial charge on any atom is -0.380 e. The van der Waals surface area contributed by atoms with Crippen molar-refractivity contribution >= 4 is 28.9 Å². The van der Waals surface area contributed by atoms with Crippen LogP contribution in [0.1, 0.15) is 22.5 Å². The van der Waals surface area contributed by atoms with Crippen molar-refractivity contribution in [3.05, 3.63) is 39.7 Å². The number of benzene rings is 1. The van der Waals surface area contributed by atoms with Crippen LogP contribution in [0.25, 0.3) is 0 Å². The average Bonchev–Trinajstić information content (AvgIpc) is 2.89. The summed E-state index contributed by atoms with van der Waals surface area (Å²) in [6.07, 6.45) is 0.408. The summed E-state index contributed by atoms with van der Waals surface area (Å²) in [7, 11) is 0. The molecule has 0 bridgehead atoms. The number of nitrogens with one attached hydrogen (secondary N) is 3. The van der Waals surface area contributed by atoms with E-state index in [9.17, 15) is 4.79 Å². The SMILES string of the molecule is Cc1n[nH]c(C)c1CNc1cc2c(cc1Cl)NC(=O)C2. The van der Waals surface area contributed by atoms with E-state index in [1.54, 1.807) is 6.07 Å². The molecule has 0 radical (unpaired) electrons. The van der Waals surface area contributed by atoms with Gasteiger partial charge in [0.25, 0.3) is 0 Å². The number of aryl methyl sites for hydroxylation is 2. The van der Waals surface area contributed by atoms with Gasteiger partial charge in [-0.15, -0.1) is 0 Å². The van der Waals surface area contributed by atoms with Gasteiger partial charge in [-0.05, 0) is 31.5 Å². The van der Waals surface area contributed by atoms with Gasteiger partial charge in [0, 0.05) is 23.5 Å². The number of rotatable bonds is 3. The van der Waals surface area contributed by atoms with Crippen LogP contribution in [-0.2, 0) is 17.8 Å². The molecule has 1 aliphatic rings. The Labute approximate surface area is 121 Å². The monoisotopic (exact) mass is 290 g/mol. The summed E-state index contributed by atoms with van der Waals surface area (Å²) in [4.78, 5) is 11.4. The molecule has 0 saturated heterocycles. The first-order chi connectivity index (χ1) is 9.54. The number of carbonyl (C=O) groups excluding carboxylic acids is 1. The maximum atomic E-state index is 11.4. The number of hydrogen-bond donors (Lipinski definition) is 3. The van der Waals surface area contributed by atoms with E-state index >= 15 is 0 Å². The predicted octanol–water partition coefficient (Wildman–Crippen LogP) is 2.79. The normalized spacial score (nSPS) is 13.2.